The number of nitrogens with one attached hydrogen (secondary N) is 1. The van der Waals surface area contributed by atoms with Crippen LogP contribution in [0.5, 0.6) is 5.75 Å². The third kappa shape index (κ3) is 6.56. The van der Waals surface area contributed by atoms with Crippen LogP contribution in [-0.2, 0) is 10.5 Å². The molecule has 2 N–H and O–H groups in total. The average Bonchev–Trinajstić information content (AvgIpc) is 3.69. The van der Waals surface area contributed by atoms with Crippen molar-refractivity contribution in [3.63, 3.8) is 0 Å². The van der Waals surface area contributed by atoms with Gasteiger partial charge in [0, 0.05) is 47.4 Å². The third-order valence-electron chi connectivity index (χ3n) is 6.98. The summed E-state index contributed by atoms with van der Waals surface area (Å²) in [5.41, 5.74) is 4.96. The van der Waals surface area contributed by atoms with Gasteiger partial charge in [-0.25, -0.2) is 4.98 Å². The Morgan fingerprint density at radius 2 is 1.79 bits per heavy atom. The number of H-pyrrole nitrogens is 1. The number of aromatic nitrogens is 2. The summed E-state index contributed by atoms with van der Waals surface area (Å²) in [5, 5.41) is 31.1. The molecule has 0 aliphatic carbocycles. The Balaban J connectivity index is 1.52. The molecule has 214 valence electrons. The molecule has 42 heavy (non-hydrogen) atoms. The van der Waals surface area contributed by atoms with Gasteiger partial charge in [-0.15, -0.1) is 0 Å². The van der Waals surface area contributed by atoms with Crippen molar-refractivity contribution in [3.05, 3.63) is 82.5 Å². The van der Waals surface area contributed by atoms with Gasteiger partial charge in [0.15, 0.2) is 0 Å². The minimum Gasteiger partial charge on any atom is -0.491 e. The minimum absolute atomic E-state index is 0.0618. The van der Waals surface area contributed by atoms with E-state index < -0.39 is 0 Å². The maximum atomic E-state index is 10.4. The number of benzene rings is 2. The molecule has 0 saturated carbocycles. The SMILES string of the molecule is CCOC1CCN(c2nc(SCc3ccc(-c4ccc(Cl)cc4)[nH]3)c(C#N)c(-c3ccc(OCCO)cc3)c2C#N)C1. The first-order chi connectivity index (χ1) is 20.5. The summed E-state index contributed by atoms with van der Waals surface area (Å²) < 4.78 is 11.4. The second-order valence-corrected chi connectivity index (χ2v) is 11.1. The topological polar surface area (TPSA) is 118 Å². The van der Waals surface area contributed by atoms with Crippen LogP contribution in [0.4, 0.5) is 5.82 Å². The highest BCUT2D eigenvalue weighted by Gasteiger charge is 2.30. The normalized spacial score (nSPS) is 14.5. The first-order valence-electron chi connectivity index (χ1n) is 13.7. The second-order valence-electron chi connectivity index (χ2n) is 9.69. The fourth-order valence-electron chi connectivity index (χ4n) is 5.03. The highest BCUT2D eigenvalue weighted by Crippen LogP contribution is 2.40. The van der Waals surface area contributed by atoms with Crippen molar-refractivity contribution in [1.82, 2.24) is 9.97 Å². The Labute approximate surface area is 254 Å². The Morgan fingerprint density at radius 3 is 2.48 bits per heavy atom. The van der Waals surface area contributed by atoms with Crippen molar-refractivity contribution in [2.45, 2.75) is 30.2 Å². The first-order valence-corrected chi connectivity index (χ1v) is 15.1. The van der Waals surface area contributed by atoms with Crippen molar-refractivity contribution < 1.29 is 14.6 Å². The lowest BCUT2D eigenvalue weighted by Gasteiger charge is -2.22. The molecule has 1 unspecified atom stereocenters. The number of aromatic amines is 1. The molecule has 4 aromatic rings. The molecular weight excluding hydrogens is 570 g/mol. The zero-order valence-electron chi connectivity index (χ0n) is 23.1. The Hall–Kier alpha value is -3.99. The molecule has 1 atom stereocenters. The number of aliphatic hydroxyl groups is 1. The van der Waals surface area contributed by atoms with E-state index in [0.717, 1.165) is 28.9 Å². The largest absolute Gasteiger partial charge is 0.491 e. The van der Waals surface area contributed by atoms with Crippen LogP contribution in [0.15, 0.2) is 65.7 Å². The first kappa shape index (κ1) is 29.5. The Morgan fingerprint density at radius 1 is 1.05 bits per heavy atom. The van der Waals surface area contributed by atoms with Gasteiger partial charge in [-0.3, -0.25) is 0 Å². The van der Waals surface area contributed by atoms with Crippen LogP contribution in [0.2, 0.25) is 5.02 Å². The molecule has 0 bridgehead atoms. The van der Waals surface area contributed by atoms with Gasteiger partial charge in [0.2, 0.25) is 0 Å². The number of nitrogens with zero attached hydrogens (tertiary/aromatic N) is 4. The van der Waals surface area contributed by atoms with Crippen molar-refractivity contribution in [2.24, 2.45) is 0 Å². The van der Waals surface area contributed by atoms with Crippen LogP contribution >= 0.6 is 23.4 Å². The Kier molecular flexibility index (Phi) is 9.68. The van der Waals surface area contributed by atoms with E-state index in [1.165, 1.54) is 11.8 Å². The van der Waals surface area contributed by atoms with Crippen molar-refractivity contribution >= 4 is 29.2 Å². The standard InChI is InChI=1S/C32H30ClN5O3S/c1-2-40-26-13-14-38(19-26)31-27(17-34)30(22-5-10-25(11-6-22)41-16-15-39)28(18-35)32(37-31)42-20-24-9-12-29(36-24)21-3-7-23(33)8-4-21/h3-12,26,36,39H,2,13-16,19-20H2,1H3. The summed E-state index contributed by atoms with van der Waals surface area (Å²) in [6, 6.07) is 23.6. The molecule has 3 heterocycles. The van der Waals surface area contributed by atoms with E-state index in [1.54, 1.807) is 12.1 Å². The summed E-state index contributed by atoms with van der Waals surface area (Å²) >= 11 is 7.50. The van der Waals surface area contributed by atoms with Gasteiger partial charge in [-0.1, -0.05) is 47.6 Å². The van der Waals surface area contributed by atoms with E-state index >= 15 is 0 Å². The summed E-state index contributed by atoms with van der Waals surface area (Å²) in [6.07, 6.45) is 0.900. The fourth-order valence-corrected chi connectivity index (χ4v) is 6.05. The smallest absolute Gasteiger partial charge is 0.148 e. The van der Waals surface area contributed by atoms with Crippen LogP contribution in [0, 0.1) is 22.7 Å². The van der Waals surface area contributed by atoms with Gasteiger partial charge in [0.1, 0.15) is 40.9 Å². The molecule has 8 nitrogen and oxygen atoms in total. The molecule has 0 amide bonds. The molecule has 1 fully saturated rings. The van der Waals surface area contributed by atoms with E-state index in [-0.39, 0.29) is 19.3 Å². The summed E-state index contributed by atoms with van der Waals surface area (Å²) in [4.78, 5) is 10.5. The van der Waals surface area contributed by atoms with E-state index in [0.29, 0.717) is 63.8 Å². The lowest BCUT2D eigenvalue weighted by Crippen LogP contribution is -2.25. The molecule has 5 rings (SSSR count). The number of aliphatic hydroxyl groups excluding tert-OH is 1. The quantitative estimate of drug-likeness (QED) is 0.190. The zero-order chi connectivity index (χ0) is 29.5. The number of anilines is 1. The van der Waals surface area contributed by atoms with Gasteiger partial charge < -0.3 is 24.5 Å². The highest BCUT2D eigenvalue weighted by molar-refractivity contribution is 7.98. The maximum Gasteiger partial charge on any atom is 0.148 e. The molecule has 2 aromatic carbocycles. The van der Waals surface area contributed by atoms with Crippen LogP contribution in [-0.4, -0.2) is 54.1 Å². The van der Waals surface area contributed by atoms with E-state index in [9.17, 15) is 10.5 Å². The van der Waals surface area contributed by atoms with Gasteiger partial charge >= 0.3 is 0 Å². The molecular formula is C32H30ClN5O3S. The minimum atomic E-state index is -0.0895. The number of rotatable bonds is 11. The zero-order valence-corrected chi connectivity index (χ0v) is 24.7. The van der Waals surface area contributed by atoms with Crippen LogP contribution < -0.4 is 9.64 Å². The maximum absolute atomic E-state index is 10.4. The Bertz CT molecular complexity index is 1610. The lowest BCUT2D eigenvalue weighted by atomic mass is 9.96. The summed E-state index contributed by atoms with van der Waals surface area (Å²) in [7, 11) is 0. The fraction of sp³-hybridized carbons (Fsp3) is 0.281. The van der Waals surface area contributed by atoms with Crippen LogP contribution in [0.3, 0.4) is 0 Å². The number of halogens is 1. The molecule has 1 aliphatic heterocycles. The van der Waals surface area contributed by atoms with Crippen molar-refractivity contribution in [3.8, 4) is 40.3 Å². The average molecular weight is 600 g/mol. The number of hydrogen-bond acceptors (Lipinski definition) is 8. The predicted octanol–water partition coefficient (Wildman–Crippen LogP) is 6.42. The van der Waals surface area contributed by atoms with Crippen LogP contribution in [0.25, 0.3) is 22.4 Å². The third-order valence-corrected chi connectivity index (χ3v) is 8.26. The summed E-state index contributed by atoms with van der Waals surface area (Å²) in [6.45, 7) is 4.02. The molecule has 10 heteroatoms. The number of hydrogen-bond donors (Lipinski definition) is 2. The van der Waals surface area contributed by atoms with Gasteiger partial charge in [0.05, 0.1) is 18.3 Å². The monoisotopic (exact) mass is 599 g/mol. The molecule has 1 saturated heterocycles. The van der Waals surface area contributed by atoms with Crippen molar-refractivity contribution in [2.75, 3.05) is 37.8 Å². The van der Waals surface area contributed by atoms with Crippen LogP contribution in [0.1, 0.15) is 30.2 Å². The van der Waals surface area contributed by atoms with Gasteiger partial charge in [0.25, 0.3) is 0 Å². The molecule has 1 aliphatic rings. The number of nitriles is 2. The number of pyridine rings is 1. The van der Waals surface area contributed by atoms with Gasteiger partial charge in [-0.05, 0) is 60.9 Å². The molecule has 0 spiro atoms. The molecule has 0 radical (unpaired) electrons. The number of ether oxygens (including phenoxy) is 2. The van der Waals surface area contributed by atoms with E-state index in [1.807, 2.05) is 55.5 Å². The van der Waals surface area contributed by atoms with Crippen molar-refractivity contribution in [1.29, 1.82) is 10.5 Å². The predicted molar refractivity (Wildman–Crippen MR) is 165 cm³/mol. The number of thioether (sulfide) groups is 1. The lowest BCUT2D eigenvalue weighted by molar-refractivity contribution is 0.0787. The second kappa shape index (κ2) is 13.8. The molecule has 2 aromatic heterocycles. The summed E-state index contributed by atoms with van der Waals surface area (Å²) in [5.74, 6) is 1.71. The van der Waals surface area contributed by atoms with E-state index in [4.69, 9.17) is 31.2 Å². The van der Waals surface area contributed by atoms with Gasteiger partial charge in [-0.2, -0.15) is 10.5 Å². The van der Waals surface area contributed by atoms with E-state index in [2.05, 4.69) is 22.0 Å². The highest BCUT2D eigenvalue weighted by atomic mass is 35.5.